The zero-order valence-corrected chi connectivity index (χ0v) is 18.0. The van der Waals surface area contributed by atoms with Crippen LogP contribution in [0.1, 0.15) is 55.9 Å². The highest BCUT2D eigenvalue weighted by atomic mass is 32.1. The van der Waals surface area contributed by atoms with Gasteiger partial charge >= 0.3 is 0 Å². The molecule has 154 valence electrons. The second-order valence-corrected chi connectivity index (χ2v) is 8.91. The Morgan fingerprint density at radius 2 is 2.03 bits per heavy atom. The van der Waals surface area contributed by atoms with Crippen LogP contribution in [0, 0.1) is 0 Å². The monoisotopic (exact) mass is 411 g/mol. The SMILES string of the molecule is CC(C)n1ncc2c(C(=O)NCCN3CCCCCC3)cc(-c3cccs3)nc21. The van der Waals surface area contributed by atoms with E-state index in [4.69, 9.17) is 4.98 Å². The van der Waals surface area contributed by atoms with Gasteiger partial charge < -0.3 is 10.2 Å². The minimum absolute atomic E-state index is 0.0478. The molecule has 0 spiro atoms. The van der Waals surface area contributed by atoms with Crippen molar-refractivity contribution in [3.63, 3.8) is 0 Å². The van der Waals surface area contributed by atoms with Crippen LogP contribution in [0.5, 0.6) is 0 Å². The van der Waals surface area contributed by atoms with Crippen molar-refractivity contribution in [3.8, 4) is 10.6 Å². The summed E-state index contributed by atoms with van der Waals surface area (Å²) in [5.74, 6) is -0.0478. The number of aromatic nitrogens is 3. The molecule has 0 bridgehead atoms. The number of amides is 1. The summed E-state index contributed by atoms with van der Waals surface area (Å²) < 4.78 is 1.89. The fourth-order valence-electron chi connectivity index (χ4n) is 3.92. The van der Waals surface area contributed by atoms with E-state index >= 15 is 0 Å². The maximum atomic E-state index is 13.1. The van der Waals surface area contributed by atoms with Crippen LogP contribution in [0.15, 0.2) is 29.8 Å². The van der Waals surface area contributed by atoms with Crippen molar-refractivity contribution in [2.75, 3.05) is 26.2 Å². The van der Waals surface area contributed by atoms with Crippen LogP contribution in [0.4, 0.5) is 0 Å². The molecule has 0 aromatic carbocycles. The number of thiophene rings is 1. The fourth-order valence-corrected chi connectivity index (χ4v) is 4.60. The van der Waals surface area contributed by atoms with Gasteiger partial charge in [-0.2, -0.15) is 5.10 Å². The molecule has 0 atom stereocenters. The Hall–Kier alpha value is -2.25. The van der Waals surface area contributed by atoms with E-state index in [2.05, 4.69) is 29.2 Å². The van der Waals surface area contributed by atoms with Crippen LogP contribution in [0.3, 0.4) is 0 Å². The standard InChI is InChI=1S/C22H29N5OS/c1-16(2)27-21-18(15-24-27)17(14-19(25-21)20-8-7-13-29-20)22(28)23-9-12-26-10-5-3-4-6-11-26/h7-8,13-16H,3-6,9-12H2,1-2H3,(H,23,28). The number of carbonyl (C=O) groups excluding carboxylic acids is 1. The van der Waals surface area contributed by atoms with E-state index in [1.807, 2.05) is 28.3 Å². The average molecular weight is 412 g/mol. The number of carbonyl (C=O) groups is 1. The predicted octanol–water partition coefficient (Wildman–Crippen LogP) is 4.35. The first-order chi connectivity index (χ1) is 14.1. The first kappa shape index (κ1) is 20.0. The van der Waals surface area contributed by atoms with Gasteiger partial charge in [-0.3, -0.25) is 4.79 Å². The lowest BCUT2D eigenvalue weighted by Crippen LogP contribution is -2.35. The van der Waals surface area contributed by atoms with Gasteiger partial charge in [-0.05, 0) is 57.3 Å². The summed E-state index contributed by atoms with van der Waals surface area (Å²) in [7, 11) is 0. The summed E-state index contributed by atoms with van der Waals surface area (Å²) in [6.45, 7) is 8.00. The topological polar surface area (TPSA) is 63.1 Å². The van der Waals surface area contributed by atoms with Crippen molar-refractivity contribution < 1.29 is 4.79 Å². The quantitative estimate of drug-likeness (QED) is 0.655. The van der Waals surface area contributed by atoms with Crippen molar-refractivity contribution in [2.24, 2.45) is 0 Å². The predicted molar refractivity (Wildman–Crippen MR) is 118 cm³/mol. The van der Waals surface area contributed by atoms with Crippen LogP contribution in [-0.4, -0.2) is 51.8 Å². The molecule has 6 nitrogen and oxygen atoms in total. The lowest BCUT2D eigenvalue weighted by atomic mass is 10.1. The molecule has 29 heavy (non-hydrogen) atoms. The number of nitrogens with zero attached hydrogens (tertiary/aromatic N) is 4. The molecule has 7 heteroatoms. The van der Waals surface area contributed by atoms with E-state index in [-0.39, 0.29) is 11.9 Å². The Morgan fingerprint density at radius 1 is 1.24 bits per heavy atom. The van der Waals surface area contributed by atoms with E-state index in [0.717, 1.165) is 41.2 Å². The van der Waals surface area contributed by atoms with Gasteiger partial charge in [0.05, 0.1) is 27.7 Å². The number of rotatable bonds is 6. The average Bonchev–Trinajstić information content (AvgIpc) is 3.32. The Morgan fingerprint density at radius 3 is 2.72 bits per heavy atom. The molecular formula is C22H29N5OS. The van der Waals surface area contributed by atoms with Gasteiger partial charge in [0.15, 0.2) is 5.65 Å². The van der Waals surface area contributed by atoms with Crippen LogP contribution in [0.25, 0.3) is 21.6 Å². The maximum absolute atomic E-state index is 13.1. The summed E-state index contributed by atoms with van der Waals surface area (Å²) in [6, 6.07) is 6.13. The lowest BCUT2D eigenvalue weighted by molar-refractivity contribution is 0.0950. The highest BCUT2D eigenvalue weighted by Crippen LogP contribution is 2.28. The van der Waals surface area contributed by atoms with Gasteiger partial charge in [-0.25, -0.2) is 9.67 Å². The molecule has 0 radical (unpaired) electrons. The first-order valence-corrected chi connectivity index (χ1v) is 11.4. The molecule has 1 aliphatic rings. The Balaban J connectivity index is 1.57. The summed E-state index contributed by atoms with van der Waals surface area (Å²) in [5, 5.41) is 10.5. The van der Waals surface area contributed by atoms with E-state index in [0.29, 0.717) is 12.1 Å². The van der Waals surface area contributed by atoms with Gasteiger partial charge in [0.2, 0.25) is 0 Å². The van der Waals surface area contributed by atoms with Crippen molar-refractivity contribution in [1.82, 2.24) is 25.0 Å². The Labute approximate surface area is 175 Å². The van der Waals surface area contributed by atoms with E-state index in [9.17, 15) is 4.79 Å². The molecule has 1 saturated heterocycles. The van der Waals surface area contributed by atoms with E-state index in [1.54, 1.807) is 17.5 Å². The van der Waals surface area contributed by atoms with Crippen molar-refractivity contribution in [2.45, 2.75) is 45.6 Å². The smallest absolute Gasteiger partial charge is 0.252 e. The molecule has 1 N–H and O–H groups in total. The summed E-state index contributed by atoms with van der Waals surface area (Å²) in [6.07, 6.45) is 6.94. The molecule has 1 amide bonds. The number of fused-ring (bicyclic) bond motifs is 1. The highest BCUT2D eigenvalue weighted by molar-refractivity contribution is 7.13. The highest BCUT2D eigenvalue weighted by Gasteiger charge is 2.19. The lowest BCUT2D eigenvalue weighted by Gasteiger charge is -2.19. The third kappa shape index (κ3) is 4.51. The van der Waals surface area contributed by atoms with Crippen LogP contribution >= 0.6 is 11.3 Å². The molecule has 0 saturated carbocycles. The summed E-state index contributed by atoms with van der Waals surface area (Å²) in [4.78, 5) is 21.4. The number of nitrogens with one attached hydrogen (secondary N) is 1. The normalized spacial score (nSPS) is 15.7. The molecule has 3 aromatic heterocycles. The minimum atomic E-state index is -0.0478. The number of likely N-dealkylation sites (tertiary alicyclic amines) is 1. The third-order valence-electron chi connectivity index (χ3n) is 5.49. The van der Waals surface area contributed by atoms with Crippen molar-refractivity contribution in [3.05, 3.63) is 35.3 Å². The number of hydrogen-bond acceptors (Lipinski definition) is 5. The Kier molecular flexibility index (Phi) is 6.25. The Bertz CT molecular complexity index is 955. The van der Waals surface area contributed by atoms with Crippen molar-refractivity contribution >= 4 is 28.3 Å². The molecule has 0 unspecified atom stereocenters. The van der Waals surface area contributed by atoms with Crippen LogP contribution in [0.2, 0.25) is 0 Å². The first-order valence-electron chi connectivity index (χ1n) is 10.6. The zero-order valence-electron chi connectivity index (χ0n) is 17.2. The maximum Gasteiger partial charge on any atom is 0.252 e. The molecule has 3 aromatic rings. The number of hydrogen-bond donors (Lipinski definition) is 1. The second kappa shape index (κ2) is 9.05. The van der Waals surface area contributed by atoms with Gasteiger partial charge in [0.25, 0.3) is 5.91 Å². The van der Waals surface area contributed by atoms with Gasteiger partial charge in [0, 0.05) is 19.1 Å². The number of pyridine rings is 1. The van der Waals surface area contributed by atoms with E-state index in [1.165, 1.54) is 25.7 Å². The van der Waals surface area contributed by atoms with Gasteiger partial charge in [-0.15, -0.1) is 11.3 Å². The van der Waals surface area contributed by atoms with Crippen LogP contribution < -0.4 is 5.32 Å². The molecule has 0 aliphatic carbocycles. The summed E-state index contributed by atoms with van der Waals surface area (Å²) >= 11 is 1.63. The zero-order chi connectivity index (χ0) is 20.2. The van der Waals surface area contributed by atoms with Gasteiger partial charge in [-0.1, -0.05) is 18.9 Å². The fraction of sp³-hybridized carbons (Fsp3) is 0.500. The van der Waals surface area contributed by atoms with Crippen molar-refractivity contribution in [1.29, 1.82) is 0 Å². The second-order valence-electron chi connectivity index (χ2n) is 7.96. The van der Waals surface area contributed by atoms with Crippen LogP contribution in [-0.2, 0) is 0 Å². The largest absolute Gasteiger partial charge is 0.351 e. The van der Waals surface area contributed by atoms with E-state index < -0.39 is 0 Å². The third-order valence-corrected chi connectivity index (χ3v) is 6.38. The molecule has 4 heterocycles. The molecule has 1 aliphatic heterocycles. The van der Waals surface area contributed by atoms with Gasteiger partial charge in [0.1, 0.15) is 0 Å². The summed E-state index contributed by atoms with van der Waals surface area (Å²) in [5.41, 5.74) is 2.25. The molecular weight excluding hydrogens is 382 g/mol. The molecule has 4 rings (SSSR count). The minimum Gasteiger partial charge on any atom is -0.351 e. The molecule has 1 fully saturated rings.